The molecule has 30 heavy (non-hydrogen) atoms. The predicted octanol–water partition coefficient (Wildman–Crippen LogP) is 7.06. The van der Waals surface area contributed by atoms with Gasteiger partial charge in [0.25, 0.3) is 0 Å². The van der Waals surface area contributed by atoms with Crippen LogP contribution in [0.1, 0.15) is 66.0 Å². The molecule has 1 heteroatoms. The van der Waals surface area contributed by atoms with Crippen LogP contribution >= 0.6 is 0 Å². The number of hydrogen-bond acceptors (Lipinski definition) is 0. The Morgan fingerprint density at radius 1 is 0.667 bits per heavy atom. The molecule has 0 nitrogen and oxygen atoms in total. The second kappa shape index (κ2) is 11.0. The van der Waals surface area contributed by atoms with E-state index in [1.807, 2.05) is 37.3 Å². The molecule has 0 saturated carbocycles. The van der Waals surface area contributed by atoms with Crippen LogP contribution < -0.4 is 0 Å². The molecule has 150 valence electrons. The van der Waals surface area contributed by atoms with Gasteiger partial charge in [-0.25, -0.2) is 4.39 Å². The van der Waals surface area contributed by atoms with Crippen LogP contribution in [0.15, 0.2) is 66.7 Å². The molecule has 0 bridgehead atoms. The SMILES string of the molecule is CCCCCCc1ccc(C#Cc2ccc(C#Cc3ccc(C)cc3F)cc2)cc1. The van der Waals surface area contributed by atoms with Gasteiger partial charge in [-0.3, -0.25) is 0 Å². The molecule has 0 aliphatic heterocycles. The lowest BCUT2D eigenvalue weighted by molar-refractivity contribution is 0.623. The van der Waals surface area contributed by atoms with Crippen molar-refractivity contribution < 1.29 is 4.39 Å². The summed E-state index contributed by atoms with van der Waals surface area (Å²) in [5, 5.41) is 0. The summed E-state index contributed by atoms with van der Waals surface area (Å²) in [5.74, 6) is 12.1. The van der Waals surface area contributed by atoms with Crippen LogP contribution in [0.25, 0.3) is 0 Å². The fraction of sp³-hybridized carbons (Fsp3) is 0.241. The van der Waals surface area contributed by atoms with Gasteiger partial charge in [0.2, 0.25) is 0 Å². The van der Waals surface area contributed by atoms with Gasteiger partial charge in [-0.1, -0.05) is 68.1 Å². The van der Waals surface area contributed by atoms with Gasteiger partial charge in [0, 0.05) is 16.7 Å². The second-order valence-electron chi connectivity index (χ2n) is 7.57. The zero-order chi connectivity index (χ0) is 21.2. The summed E-state index contributed by atoms with van der Waals surface area (Å²) in [4.78, 5) is 0. The van der Waals surface area contributed by atoms with E-state index in [1.165, 1.54) is 37.3 Å². The average Bonchev–Trinajstić information content (AvgIpc) is 2.76. The van der Waals surface area contributed by atoms with Gasteiger partial charge in [0.1, 0.15) is 5.82 Å². The van der Waals surface area contributed by atoms with Crippen molar-refractivity contribution >= 4 is 0 Å². The van der Waals surface area contributed by atoms with E-state index in [1.54, 1.807) is 6.07 Å². The van der Waals surface area contributed by atoms with Crippen molar-refractivity contribution in [2.24, 2.45) is 0 Å². The van der Waals surface area contributed by atoms with Crippen molar-refractivity contribution in [3.63, 3.8) is 0 Å². The number of rotatable bonds is 5. The highest BCUT2D eigenvalue weighted by molar-refractivity contribution is 5.48. The summed E-state index contributed by atoms with van der Waals surface area (Å²) >= 11 is 0. The lowest BCUT2D eigenvalue weighted by Crippen LogP contribution is -1.86. The van der Waals surface area contributed by atoms with Crippen molar-refractivity contribution in [2.75, 3.05) is 0 Å². The zero-order valence-electron chi connectivity index (χ0n) is 17.8. The Labute approximate surface area is 180 Å². The van der Waals surface area contributed by atoms with Crippen LogP contribution in [0.2, 0.25) is 0 Å². The van der Waals surface area contributed by atoms with Gasteiger partial charge in [-0.05, 0) is 79.4 Å². The van der Waals surface area contributed by atoms with Gasteiger partial charge in [-0.2, -0.15) is 0 Å². The minimum absolute atomic E-state index is 0.281. The predicted molar refractivity (Wildman–Crippen MR) is 124 cm³/mol. The Morgan fingerprint density at radius 3 is 1.80 bits per heavy atom. The molecular formula is C29H27F. The van der Waals surface area contributed by atoms with Crippen molar-refractivity contribution in [1.82, 2.24) is 0 Å². The number of aryl methyl sites for hydroxylation is 2. The smallest absolute Gasteiger partial charge is 0.139 e. The van der Waals surface area contributed by atoms with E-state index in [0.717, 1.165) is 28.7 Å². The third-order valence-corrected chi connectivity index (χ3v) is 4.98. The van der Waals surface area contributed by atoms with Crippen LogP contribution in [0, 0.1) is 36.4 Å². The third-order valence-electron chi connectivity index (χ3n) is 4.98. The van der Waals surface area contributed by atoms with Crippen molar-refractivity contribution in [3.05, 3.63) is 106 Å². The first kappa shape index (κ1) is 21.4. The van der Waals surface area contributed by atoms with E-state index in [2.05, 4.69) is 54.9 Å². The summed E-state index contributed by atoms with van der Waals surface area (Å²) in [7, 11) is 0. The summed E-state index contributed by atoms with van der Waals surface area (Å²) in [5.41, 5.74) is 5.48. The standard InChI is InChI=1S/C29H27F/c1-3-4-5-6-7-24-9-11-25(12-10-24)13-14-26-15-17-27(18-16-26)19-21-28-20-8-23(2)22-29(28)30/h8-12,15-18,20,22H,3-7H2,1-2H3. The highest BCUT2D eigenvalue weighted by atomic mass is 19.1. The first-order valence-corrected chi connectivity index (χ1v) is 10.6. The van der Waals surface area contributed by atoms with E-state index in [9.17, 15) is 4.39 Å². The summed E-state index contributed by atoms with van der Waals surface area (Å²) in [6.45, 7) is 4.10. The molecule has 0 atom stereocenters. The number of hydrogen-bond donors (Lipinski definition) is 0. The number of unbranched alkanes of at least 4 members (excludes halogenated alkanes) is 3. The molecule has 0 heterocycles. The fourth-order valence-corrected chi connectivity index (χ4v) is 3.15. The molecule has 0 N–H and O–H groups in total. The van der Waals surface area contributed by atoms with Crippen LogP contribution in [-0.2, 0) is 6.42 Å². The quantitative estimate of drug-likeness (QED) is 0.321. The molecule has 3 aromatic rings. The number of benzene rings is 3. The molecule has 0 saturated heterocycles. The fourth-order valence-electron chi connectivity index (χ4n) is 3.15. The van der Waals surface area contributed by atoms with E-state index >= 15 is 0 Å². The van der Waals surface area contributed by atoms with Crippen molar-refractivity contribution in [1.29, 1.82) is 0 Å². The Hall–Kier alpha value is -3.29. The summed E-state index contributed by atoms with van der Waals surface area (Å²) in [6, 6.07) is 21.4. The maximum atomic E-state index is 13.9. The lowest BCUT2D eigenvalue weighted by Gasteiger charge is -2.01. The summed E-state index contributed by atoms with van der Waals surface area (Å²) < 4.78 is 13.9. The minimum Gasteiger partial charge on any atom is -0.206 e. The van der Waals surface area contributed by atoms with Crippen molar-refractivity contribution in [3.8, 4) is 23.7 Å². The van der Waals surface area contributed by atoms with Crippen molar-refractivity contribution in [2.45, 2.75) is 46.0 Å². The van der Waals surface area contributed by atoms with E-state index in [0.29, 0.717) is 5.56 Å². The Kier molecular flexibility index (Phi) is 7.88. The molecule has 0 aliphatic carbocycles. The largest absolute Gasteiger partial charge is 0.206 e. The van der Waals surface area contributed by atoms with Gasteiger partial charge in [-0.15, -0.1) is 0 Å². The van der Waals surface area contributed by atoms with Crippen LogP contribution in [0.3, 0.4) is 0 Å². The van der Waals surface area contributed by atoms with Crippen LogP contribution in [0.4, 0.5) is 4.39 Å². The van der Waals surface area contributed by atoms with Gasteiger partial charge in [0.05, 0.1) is 5.56 Å². The van der Waals surface area contributed by atoms with E-state index in [-0.39, 0.29) is 5.82 Å². The maximum Gasteiger partial charge on any atom is 0.139 e. The number of halogens is 1. The highest BCUT2D eigenvalue weighted by Crippen LogP contribution is 2.11. The molecule has 0 unspecified atom stereocenters. The monoisotopic (exact) mass is 394 g/mol. The molecule has 0 radical (unpaired) electrons. The Balaban J connectivity index is 1.60. The second-order valence-corrected chi connectivity index (χ2v) is 7.57. The normalized spacial score (nSPS) is 9.97. The third kappa shape index (κ3) is 6.65. The lowest BCUT2D eigenvalue weighted by atomic mass is 10.0. The van der Waals surface area contributed by atoms with E-state index < -0.39 is 0 Å². The van der Waals surface area contributed by atoms with Gasteiger partial charge < -0.3 is 0 Å². The van der Waals surface area contributed by atoms with E-state index in [4.69, 9.17) is 0 Å². The first-order valence-electron chi connectivity index (χ1n) is 10.6. The minimum atomic E-state index is -0.281. The van der Waals surface area contributed by atoms with Crippen LogP contribution in [-0.4, -0.2) is 0 Å². The molecule has 0 spiro atoms. The molecule has 0 amide bonds. The van der Waals surface area contributed by atoms with Gasteiger partial charge >= 0.3 is 0 Å². The molecular weight excluding hydrogens is 367 g/mol. The highest BCUT2D eigenvalue weighted by Gasteiger charge is 1.98. The maximum absolute atomic E-state index is 13.9. The Bertz CT molecular complexity index is 1080. The Morgan fingerprint density at radius 2 is 1.23 bits per heavy atom. The molecule has 3 rings (SSSR count). The zero-order valence-corrected chi connectivity index (χ0v) is 17.8. The molecule has 0 fully saturated rings. The topological polar surface area (TPSA) is 0 Å². The van der Waals surface area contributed by atoms with Gasteiger partial charge in [0.15, 0.2) is 0 Å². The molecule has 0 aliphatic rings. The first-order chi connectivity index (χ1) is 14.6. The average molecular weight is 395 g/mol. The molecule has 3 aromatic carbocycles. The summed E-state index contributed by atoms with van der Waals surface area (Å²) in [6.07, 6.45) is 6.29. The van der Waals surface area contributed by atoms with Crippen LogP contribution in [0.5, 0.6) is 0 Å². The molecule has 0 aromatic heterocycles.